The molecule has 2 rings (SSSR count). The zero-order chi connectivity index (χ0) is 9.97. The van der Waals surface area contributed by atoms with Gasteiger partial charge in [0.25, 0.3) is 0 Å². The maximum atomic E-state index is 4.36. The van der Waals surface area contributed by atoms with Crippen LogP contribution in [0.4, 0.5) is 5.82 Å². The molecule has 0 aliphatic carbocycles. The molecule has 0 aromatic carbocycles. The molecule has 0 saturated heterocycles. The number of halogens is 1. The van der Waals surface area contributed by atoms with E-state index >= 15 is 0 Å². The Morgan fingerprint density at radius 1 is 1.43 bits per heavy atom. The van der Waals surface area contributed by atoms with Crippen molar-refractivity contribution in [1.82, 2.24) is 14.8 Å². The van der Waals surface area contributed by atoms with E-state index in [0.29, 0.717) is 0 Å². The van der Waals surface area contributed by atoms with E-state index in [-0.39, 0.29) is 0 Å². The van der Waals surface area contributed by atoms with Crippen molar-refractivity contribution in [3.63, 3.8) is 0 Å². The van der Waals surface area contributed by atoms with Crippen LogP contribution in [0.2, 0.25) is 0 Å². The first-order chi connectivity index (χ1) is 6.79. The molecule has 2 aromatic rings. The number of pyridine rings is 1. The molecule has 4 nitrogen and oxygen atoms in total. The van der Waals surface area contributed by atoms with Gasteiger partial charge >= 0.3 is 0 Å². The molecule has 0 fully saturated rings. The smallest absolute Gasteiger partial charge is 0.155 e. The van der Waals surface area contributed by atoms with Gasteiger partial charge in [0, 0.05) is 13.2 Å². The highest BCUT2D eigenvalue weighted by Gasteiger charge is 2.00. The van der Waals surface area contributed by atoms with Crippen molar-refractivity contribution in [3.8, 4) is 5.82 Å². The fraction of sp³-hybridized carbons (Fsp3) is 0.111. The summed E-state index contributed by atoms with van der Waals surface area (Å²) >= 11 is 2.22. The summed E-state index contributed by atoms with van der Waals surface area (Å²) in [6.07, 6.45) is 3.73. The summed E-state index contributed by atoms with van der Waals surface area (Å²) in [6, 6.07) is 5.78. The predicted octanol–water partition coefficient (Wildman–Crippen LogP) is 1.91. The summed E-state index contributed by atoms with van der Waals surface area (Å²) in [5, 5.41) is 7.17. The lowest BCUT2D eigenvalue weighted by Gasteiger charge is -2.02. The van der Waals surface area contributed by atoms with E-state index in [4.69, 9.17) is 0 Å². The summed E-state index contributed by atoms with van der Waals surface area (Å²) in [5.41, 5.74) is 0. The maximum absolute atomic E-state index is 4.36. The molecule has 0 aliphatic heterocycles. The molecule has 0 saturated carbocycles. The summed E-state index contributed by atoms with van der Waals surface area (Å²) in [5.74, 6) is 1.66. The highest BCUT2D eigenvalue weighted by Crippen LogP contribution is 2.10. The van der Waals surface area contributed by atoms with Gasteiger partial charge in [-0.3, -0.25) is 0 Å². The van der Waals surface area contributed by atoms with Crippen LogP contribution in [0.15, 0.2) is 30.6 Å². The lowest BCUT2D eigenvalue weighted by Crippen LogP contribution is -2.00. The molecule has 0 unspecified atom stereocenters. The van der Waals surface area contributed by atoms with Crippen LogP contribution >= 0.6 is 22.6 Å². The molecule has 0 radical (unpaired) electrons. The molecule has 72 valence electrons. The van der Waals surface area contributed by atoms with Crippen molar-refractivity contribution in [3.05, 3.63) is 34.2 Å². The topological polar surface area (TPSA) is 42.7 Å². The Hall–Kier alpha value is -1.11. The van der Waals surface area contributed by atoms with Crippen molar-refractivity contribution in [2.24, 2.45) is 0 Å². The minimum atomic E-state index is 0.819. The summed E-state index contributed by atoms with van der Waals surface area (Å²) in [7, 11) is 1.85. The first-order valence-corrected chi connectivity index (χ1v) is 5.23. The van der Waals surface area contributed by atoms with Crippen molar-refractivity contribution < 1.29 is 0 Å². The number of nitrogens with zero attached hydrogens (tertiary/aromatic N) is 3. The van der Waals surface area contributed by atoms with Crippen molar-refractivity contribution in [2.45, 2.75) is 0 Å². The zero-order valence-corrected chi connectivity index (χ0v) is 9.76. The minimum absolute atomic E-state index is 0.819. The quantitative estimate of drug-likeness (QED) is 0.862. The van der Waals surface area contributed by atoms with Gasteiger partial charge in [-0.15, -0.1) is 0 Å². The third-order valence-electron chi connectivity index (χ3n) is 1.78. The molecule has 0 spiro atoms. The van der Waals surface area contributed by atoms with Crippen LogP contribution < -0.4 is 5.32 Å². The first-order valence-electron chi connectivity index (χ1n) is 4.15. The molecule has 0 amide bonds. The van der Waals surface area contributed by atoms with E-state index < -0.39 is 0 Å². The Kier molecular flexibility index (Phi) is 2.67. The highest BCUT2D eigenvalue weighted by molar-refractivity contribution is 14.1. The molecular weight excluding hydrogens is 291 g/mol. The summed E-state index contributed by atoms with van der Waals surface area (Å²) in [4.78, 5) is 4.36. The number of rotatable bonds is 2. The average Bonchev–Trinajstić information content (AvgIpc) is 2.65. The first kappa shape index (κ1) is 9.45. The molecular formula is C9H9IN4. The third-order valence-corrected chi connectivity index (χ3v) is 2.33. The van der Waals surface area contributed by atoms with Gasteiger partial charge in [-0.05, 0) is 34.7 Å². The van der Waals surface area contributed by atoms with Gasteiger partial charge in [-0.2, -0.15) is 5.10 Å². The molecule has 14 heavy (non-hydrogen) atoms. The van der Waals surface area contributed by atoms with Crippen LogP contribution in [0.3, 0.4) is 0 Å². The van der Waals surface area contributed by atoms with Crippen LogP contribution in [-0.2, 0) is 0 Å². The van der Waals surface area contributed by atoms with E-state index in [9.17, 15) is 0 Å². The lowest BCUT2D eigenvalue weighted by molar-refractivity contribution is 0.848. The van der Waals surface area contributed by atoms with E-state index in [0.717, 1.165) is 15.2 Å². The van der Waals surface area contributed by atoms with E-state index in [1.165, 1.54) is 0 Å². The van der Waals surface area contributed by atoms with Crippen LogP contribution in [0.5, 0.6) is 0 Å². The van der Waals surface area contributed by atoms with Gasteiger partial charge in [0.2, 0.25) is 0 Å². The summed E-state index contributed by atoms with van der Waals surface area (Å²) < 4.78 is 2.85. The second-order valence-electron chi connectivity index (χ2n) is 2.73. The van der Waals surface area contributed by atoms with Crippen molar-refractivity contribution in [1.29, 1.82) is 0 Å². The van der Waals surface area contributed by atoms with Crippen LogP contribution in [0.1, 0.15) is 0 Å². The van der Waals surface area contributed by atoms with Crippen LogP contribution in [0.25, 0.3) is 5.82 Å². The Morgan fingerprint density at radius 2 is 2.29 bits per heavy atom. The zero-order valence-electron chi connectivity index (χ0n) is 7.61. The van der Waals surface area contributed by atoms with E-state index in [2.05, 4.69) is 38.0 Å². The average molecular weight is 300 g/mol. The van der Waals surface area contributed by atoms with Gasteiger partial charge in [-0.1, -0.05) is 6.07 Å². The van der Waals surface area contributed by atoms with E-state index in [1.54, 1.807) is 10.9 Å². The van der Waals surface area contributed by atoms with Gasteiger partial charge in [-0.25, -0.2) is 9.67 Å². The molecule has 0 bridgehead atoms. The number of anilines is 1. The molecule has 2 heterocycles. The van der Waals surface area contributed by atoms with Gasteiger partial charge in [0.15, 0.2) is 5.82 Å². The minimum Gasteiger partial charge on any atom is -0.373 e. The Labute approximate surface area is 95.5 Å². The van der Waals surface area contributed by atoms with Gasteiger partial charge in [0.05, 0.1) is 9.77 Å². The number of hydrogen-bond acceptors (Lipinski definition) is 3. The van der Waals surface area contributed by atoms with Crippen molar-refractivity contribution in [2.75, 3.05) is 12.4 Å². The second-order valence-corrected chi connectivity index (χ2v) is 3.98. The Balaban J connectivity index is 2.41. The number of aromatic nitrogens is 3. The molecule has 5 heteroatoms. The lowest BCUT2D eigenvalue weighted by atomic mass is 10.4. The van der Waals surface area contributed by atoms with Crippen molar-refractivity contribution >= 4 is 28.4 Å². The normalized spacial score (nSPS) is 10.1. The van der Waals surface area contributed by atoms with Gasteiger partial charge < -0.3 is 5.32 Å². The highest BCUT2D eigenvalue weighted by atomic mass is 127. The van der Waals surface area contributed by atoms with E-state index in [1.807, 2.05) is 31.4 Å². The fourth-order valence-electron chi connectivity index (χ4n) is 1.12. The molecule has 0 aliphatic rings. The summed E-state index contributed by atoms with van der Waals surface area (Å²) in [6.45, 7) is 0. The van der Waals surface area contributed by atoms with Crippen LogP contribution in [-0.4, -0.2) is 21.8 Å². The molecule has 2 aromatic heterocycles. The predicted molar refractivity (Wildman–Crippen MR) is 63.6 cm³/mol. The molecule has 1 N–H and O–H groups in total. The standard InChI is InChI=1S/C9H9IN4/c1-11-8-3-2-4-9(13-8)14-6-7(10)5-12-14/h2-6H,1H3,(H,11,13). The number of nitrogens with one attached hydrogen (secondary N) is 1. The maximum Gasteiger partial charge on any atom is 0.155 e. The number of hydrogen-bond donors (Lipinski definition) is 1. The fourth-order valence-corrected chi connectivity index (χ4v) is 1.50. The molecule has 0 atom stereocenters. The third kappa shape index (κ3) is 1.87. The largest absolute Gasteiger partial charge is 0.373 e. The second kappa shape index (κ2) is 3.95. The Bertz CT molecular complexity index is 438. The monoisotopic (exact) mass is 300 g/mol. The Morgan fingerprint density at radius 3 is 2.93 bits per heavy atom. The van der Waals surface area contributed by atoms with Crippen LogP contribution in [0, 0.1) is 3.57 Å². The van der Waals surface area contributed by atoms with Gasteiger partial charge in [0.1, 0.15) is 5.82 Å². The SMILES string of the molecule is CNc1cccc(-n2cc(I)cn2)n1.